The van der Waals surface area contributed by atoms with Crippen molar-refractivity contribution in [2.75, 3.05) is 14.2 Å². The summed E-state index contributed by atoms with van der Waals surface area (Å²) in [5, 5.41) is 0.489. The summed E-state index contributed by atoms with van der Waals surface area (Å²) in [5.41, 5.74) is 7.53. The molecule has 0 heterocycles. The third kappa shape index (κ3) is 3.80. The molecule has 0 radical (unpaired) electrons. The Bertz CT molecular complexity index is 599. The Morgan fingerprint density at radius 3 is 2.29 bits per heavy atom. The fraction of sp³-hybridized carbons (Fsp3) is 0.250. The molecule has 4 nitrogen and oxygen atoms in total. The lowest BCUT2D eigenvalue weighted by Gasteiger charge is -2.14. The summed E-state index contributed by atoms with van der Waals surface area (Å²) in [6, 6.07) is 11.3. The van der Waals surface area contributed by atoms with Crippen LogP contribution in [-0.4, -0.2) is 14.2 Å². The lowest BCUT2D eigenvalue weighted by Crippen LogP contribution is -2.01. The van der Waals surface area contributed by atoms with Crippen LogP contribution in [0.15, 0.2) is 36.4 Å². The first kappa shape index (κ1) is 15.5. The van der Waals surface area contributed by atoms with Gasteiger partial charge in [0.05, 0.1) is 19.2 Å². The second kappa shape index (κ2) is 7.20. The van der Waals surface area contributed by atoms with Gasteiger partial charge < -0.3 is 19.9 Å². The maximum Gasteiger partial charge on any atom is 0.180 e. The van der Waals surface area contributed by atoms with E-state index in [4.69, 9.17) is 31.5 Å². The zero-order valence-corrected chi connectivity index (χ0v) is 12.8. The van der Waals surface area contributed by atoms with Crippen LogP contribution in [0.5, 0.6) is 17.2 Å². The summed E-state index contributed by atoms with van der Waals surface area (Å²) in [5.74, 6) is 1.91. The van der Waals surface area contributed by atoms with Crippen LogP contribution in [0.4, 0.5) is 0 Å². The Morgan fingerprint density at radius 1 is 1.00 bits per heavy atom. The van der Waals surface area contributed by atoms with Crippen LogP contribution < -0.4 is 19.9 Å². The maximum absolute atomic E-state index is 6.23. The van der Waals surface area contributed by atoms with Crippen LogP contribution in [0, 0.1) is 0 Å². The van der Waals surface area contributed by atoms with E-state index >= 15 is 0 Å². The minimum Gasteiger partial charge on any atom is -0.497 e. The summed E-state index contributed by atoms with van der Waals surface area (Å²) in [4.78, 5) is 0. The van der Waals surface area contributed by atoms with Crippen molar-refractivity contribution in [1.82, 2.24) is 0 Å². The second-order valence-corrected chi connectivity index (χ2v) is 4.86. The number of hydrogen-bond donors (Lipinski definition) is 1. The van der Waals surface area contributed by atoms with Crippen molar-refractivity contribution in [1.29, 1.82) is 0 Å². The Hall–Kier alpha value is -1.91. The molecule has 5 heteroatoms. The first-order valence-corrected chi connectivity index (χ1v) is 6.88. The summed E-state index contributed by atoms with van der Waals surface area (Å²) in [7, 11) is 3.21. The lowest BCUT2D eigenvalue weighted by molar-refractivity contribution is 0.284. The number of benzene rings is 2. The van der Waals surface area contributed by atoms with Crippen molar-refractivity contribution in [2.45, 2.75) is 13.2 Å². The third-order valence-corrected chi connectivity index (χ3v) is 3.35. The average molecular weight is 308 g/mol. The van der Waals surface area contributed by atoms with Gasteiger partial charge in [-0.15, -0.1) is 0 Å². The molecule has 2 N–H and O–H groups in total. The number of nitrogens with two attached hydrogens (primary N) is 1. The molecule has 0 spiro atoms. The molecular formula is C16H18ClNO3. The van der Waals surface area contributed by atoms with Crippen LogP contribution in [0.25, 0.3) is 0 Å². The third-order valence-electron chi connectivity index (χ3n) is 3.07. The smallest absolute Gasteiger partial charge is 0.180 e. The first-order chi connectivity index (χ1) is 10.2. The van der Waals surface area contributed by atoms with Gasteiger partial charge in [-0.1, -0.05) is 23.7 Å². The summed E-state index contributed by atoms with van der Waals surface area (Å²) in [6.45, 7) is 0.789. The van der Waals surface area contributed by atoms with Crippen molar-refractivity contribution >= 4 is 11.6 Å². The lowest BCUT2D eigenvalue weighted by atomic mass is 10.2. The van der Waals surface area contributed by atoms with E-state index in [1.54, 1.807) is 20.3 Å². The van der Waals surface area contributed by atoms with Gasteiger partial charge in [-0.05, 0) is 35.4 Å². The SMILES string of the molecule is COc1ccc(COc2c(Cl)cc(CN)cc2OC)cc1. The highest BCUT2D eigenvalue weighted by Crippen LogP contribution is 2.36. The minimum atomic E-state index is 0.391. The van der Waals surface area contributed by atoms with Gasteiger partial charge in [-0.2, -0.15) is 0 Å². The molecule has 0 aromatic heterocycles. The van der Waals surface area contributed by atoms with Crippen molar-refractivity contribution in [2.24, 2.45) is 5.73 Å². The fourth-order valence-corrected chi connectivity index (χ4v) is 2.20. The van der Waals surface area contributed by atoms with Crippen LogP contribution in [0.2, 0.25) is 5.02 Å². The molecule has 2 aromatic carbocycles. The van der Waals surface area contributed by atoms with Crippen LogP contribution in [0.3, 0.4) is 0 Å². The summed E-state index contributed by atoms with van der Waals surface area (Å²) in [6.07, 6.45) is 0. The van der Waals surface area contributed by atoms with E-state index in [0.29, 0.717) is 29.7 Å². The van der Waals surface area contributed by atoms with Crippen LogP contribution >= 0.6 is 11.6 Å². The van der Waals surface area contributed by atoms with Crippen molar-refractivity contribution in [3.8, 4) is 17.2 Å². The monoisotopic (exact) mass is 307 g/mol. The second-order valence-electron chi connectivity index (χ2n) is 4.45. The molecule has 0 aliphatic heterocycles. The largest absolute Gasteiger partial charge is 0.497 e. The predicted molar refractivity (Wildman–Crippen MR) is 83.2 cm³/mol. The molecule has 0 aliphatic rings. The zero-order chi connectivity index (χ0) is 15.2. The predicted octanol–water partition coefficient (Wildman–Crippen LogP) is 3.39. The van der Waals surface area contributed by atoms with Crippen molar-refractivity contribution in [3.05, 3.63) is 52.5 Å². The van der Waals surface area contributed by atoms with Crippen molar-refractivity contribution in [3.63, 3.8) is 0 Å². The summed E-state index contributed by atoms with van der Waals surface area (Å²) < 4.78 is 16.2. The molecule has 2 rings (SSSR count). The van der Waals surface area contributed by atoms with Crippen molar-refractivity contribution < 1.29 is 14.2 Å². The van der Waals surface area contributed by atoms with Gasteiger partial charge in [-0.25, -0.2) is 0 Å². The standard InChI is InChI=1S/C16H18ClNO3/c1-19-13-5-3-11(4-6-13)10-21-16-14(17)7-12(9-18)8-15(16)20-2/h3-8H,9-10,18H2,1-2H3. The number of ether oxygens (including phenoxy) is 3. The molecule has 0 fully saturated rings. The molecule has 0 amide bonds. The number of hydrogen-bond acceptors (Lipinski definition) is 4. The molecule has 2 aromatic rings. The molecule has 0 saturated carbocycles. The quantitative estimate of drug-likeness (QED) is 0.888. The molecule has 0 saturated heterocycles. The Labute approximate surface area is 129 Å². The Balaban J connectivity index is 2.15. The zero-order valence-electron chi connectivity index (χ0n) is 12.1. The van der Waals surface area contributed by atoms with Gasteiger partial charge in [0.1, 0.15) is 12.4 Å². The van der Waals surface area contributed by atoms with E-state index in [-0.39, 0.29) is 0 Å². The fourth-order valence-electron chi connectivity index (χ4n) is 1.91. The highest BCUT2D eigenvalue weighted by molar-refractivity contribution is 6.32. The highest BCUT2D eigenvalue weighted by Gasteiger charge is 2.12. The molecule has 0 atom stereocenters. The van der Waals surface area contributed by atoms with Gasteiger partial charge >= 0.3 is 0 Å². The van der Waals surface area contributed by atoms with Gasteiger partial charge in [0.25, 0.3) is 0 Å². The van der Waals surface area contributed by atoms with E-state index in [0.717, 1.165) is 16.9 Å². The van der Waals surface area contributed by atoms with E-state index in [2.05, 4.69) is 0 Å². The Kier molecular flexibility index (Phi) is 5.31. The number of halogens is 1. The highest BCUT2D eigenvalue weighted by atomic mass is 35.5. The van der Waals surface area contributed by atoms with Gasteiger partial charge in [0.15, 0.2) is 11.5 Å². The number of methoxy groups -OCH3 is 2. The maximum atomic E-state index is 6.23. The van der Waals surface area contributed by atoms with Crippen LogP contribution in [0.1, 0.15) is 11.1 Å². The molecule has 21 heavy (non-hydrogen) atoms. The average Bonchev–Trinajstić information content (AvgIpc) is 2.53. The topological polar surface area (TPSA) is 53.7 Å². The molecule has 0 unspecified atom stereocenters. The molecule has 0 bridgehead atoms. The normalized spacial score (nSPS) is 10.3. The minimum absolute atomic E-state index is 0.391. The van der Waals surface area contributed by atoms with Crippen LogP contribution in [-0.2, 0) is 13.2 Å². The molecule has 0 aliphatic carbocycles. The van der Waals surface area contributed by atoms with Gasteiger partial charge in [0.2, 0.25) is 0 Å². The molecular weight excluding hydrogens is 290 g/mol. The van der Waals surface area contributed by atoms with E-state index in [9.17, 15) is 0 Å². The number of rotatable bonds is 6. The molecule has 112 valence electrons. The van der Waals surface area contributed by atoms with Gasteiger partial charge in [0, 0.05) is 6.54 Å². The van der Waals surface area contributed by atoms with E-state index in [1.807, 2.05) is 30.3 Å². The van der Waals surface area contributed by atoms with E-state index in [1.165, 1.54) is 0 Å². The van der Waals surface area contributed by atoms with Gasteiger partial charge in [-0.3, -0.25) is 0 Å². The Morgan fingerprint density at radius 2 is 1.71 bits per heavy atom. The summed E-state index contributed by atoms with van der Waals surface area (Å²) >= 11 is 6.23. The first-order valence-electron chi connectivity index (χ1n) is 6.50. The van der Waals surface area contributed by atoms with E-state index < -0.39 is 0 Å².